The second kappa shape index (κ2) is 6.18. The Balaban J connectivity index is 1.61. The van der Waals surface area contributed by atoms with Gasteiger partial charge in [0.2, 0.25) is 0 Å². The van der Waals surface area contributed by atoms with Crippen LogP contribution >= 0.6 is 0 Å². The normalized spacial score (nSPS) is 15.7. The Bertz CT molecular complexity index is 717. The smallest absolute Gasteiger partial charge is 0.419 e. The molecule has 1 aliphatic heterocycles. The van der Waals surface area contributed by atoms with E-state index in [-0.39, 0.29) is 5.91 Å². The molecule has 1 N–H and O–H groups in total. The quantitative estimate of drug-likeness (QED) is 0.843. The number of nitrogens with one attached hydrogen (secondary N) is 1. The fourth-order valence-electron chi connectivity index (χ4n) is 2.65. The summed E-state index contributed by atoms with van der Waals surface area (Å²) in [5.41, 5.74) is -0.715. The average Bonchev–Trinajstić information content (AvgIpc) is 3.00. The minimum absolute atomic E-state index is 0.167. The van der Waals surface area contributed by atoms with Crippen molar-refractivity contribution in [3.05, 3.63) is 47.5 Å². The number of aryl methyl sites for hydroxylation is 1. The van der Waals surface area contributed by atoms with Gasteiger partial charge in [-0.3, -0.25) is 9.69 Å². The van der Waals surface area contributed by atoms with Crippen LogP contribution in [0.3, 0.4) is 0 Å². The van der Waals surface area contributed by atoms with Crippen LogP contribution < -0.4 is 9.88 Å². The van der Waals surface area contributed by atoms with Crippen molar-refractivity contribution in [1.82, 2.24) is 4.90 Å². The molecule has 0 radical (unpaired) electrons. The monoisotopic (exact) mass is 340 g/mol. The number of carbonyl (C=O) groups is 1. The minimum atomic E-state index is -4.36. The van der Waals surface area contributed by atoms with Gasteiger partial charge in [-0.15, -0.1) is 0 Å². The first-order valence-electron chi connectivity index (χ1n) is 7.54. The van der Waals surface area contributed by atoms with E-state index >= 15 is 0 Å². The van der Waals surface area contributed by atoms with Gasteiger partial charge in [-0.25, -0.2) is 4.98 Å². The predicted molar refractivity (Wildman–Crippen MR) is 79.6 cm³/mol. The number of pyridine rings is 1. The molecule has 2 aromatic heterocycles. The second-order valence-corrected chi connectivity index (χ2v) is 5.65. The number of anilines is 1. The highest BCUT2D eigenvalue weighted by Gasteiger charge is 2.33. The number of nitrogens with zero attached hydrogens (tertiary/aromatic N) is 2. The number of piperazine rings is 1. The number of furan rings is 1. The van der Waals surface area contributed by atoms with Gasteiger partial charge in [-0.1, -0.05) is 0 Å². The molecule has 3 rings (SSSR count). The SMILES string of the molecule is Cc1ccc(C(=O)N2CCN(c3ccc(C(F)(F)F)c[nH+]3)CC2)o1. The van der Waals surface area contributed by atoms with Crippen molar-refractivity contribution in [3.8, 4) is 0 Å². The predicted octanol–water partition coefficient (Wildman–Crippen LogP) is 2.38. The summed E-state index contributed by atoms with van der Waals surface area (Å²) in [5, 5.41) is 0. The largest absolute Gasteiger partial charge is 0.456 e. The summed E-state index contributed by atoms with van der Waals surface area (Å²) in [6.07, 6.45) is -3.40. The van der Waals surface area contributed by atoms with Crippen LogP contribution in [0.1, 0.15) is 21.9 Å². The lowest BCUT2D eigenvalue weighted by molar-refractivity contribution is -0.367. The lowest BCUT2D eigenvalue weighted by Crippen LogP contribution is -2.50. The summed E-state index contributed by atoms with van der Waals surface area (Å²) in [7, 11) is 0. The molecule has 0 bridgehead atoms. The van der Waals surface area contributed by atoms with Gasteiger partial charge in [-0.05, 0) is 25.1 Å². The summed E-state index contributed by atoms with van der Waals surface area (Å²) < 4.78 is 43.1. The van der Waals surface area contributed by atoms with E-state index in [0.29, 0.717) is 43.5 Å². The Kier molecular flexibility index (Phi) is 4.21. The Morgan fingerprint density at radius 1 is 1.12 bits per heavy atom. The third kappa shape index (κ3) is 3.37. The first kappa shape index (κ1) is 16.4. The number of halogens is 3. The third-order valence-corrected chi connectivity index (χ3v) is 3.98. The zero-order chi connectivity index (χ0) is 17.3. The van der Waals surface area contributed by atoms with E-state index in [4.69, 9.17) is 4.42 Å². The molecule has 0 atom stereocenters. The summed E-state index contributed by atoms with van der Waals surface area (Å²) in [4.78, 5) is 18.6. The summed E-state index contributed by atoms with van der Waals surface area (Å²) >= 11 is 0. The molecule has 0 aromatic carbocycles. The number of H-pyrrole nitrogens is 1. The molecule has 128 valence electrons. The fraction of sp³-hybridized carbons (Fsp3) is 0.375. The van der Waals surface area contributed by atoms with Gasteiger partial charge in [0.15, 0.2) is 5.76 Å². The number of carbonyl (C=O) groups excluding carboxylic acids is 1. The second-order valence-electron chi connectivity index (χ2n) is 5.65. The molecular formula is C16H17F3N3O2+. The zero-order valence-corrected chi connectivity index (χ0v) is 13.1. The van der Waals surface area contributed by atoms with Crippen molar-refractivity contribution in [2.24, 2.45) is 0 Å². The van der Waals surface area contributed by atoms with Crippen molar-refractivity contribution in [1.29, 1.82) is 0 Å². The highest BCUT2D eigenvalue weighted by atomic mass is 19.4. The Morgan fingerprint density at radius 2 is 1.83 bits per heavy atom. The van der Waals surface area contributed by atoms with Crippen molar-refractivity contribution < 1.29 is 27.4 Å². The molecule has 0 saturated carbocycles. The number of aromatic amines is 1. The molecule has 0 spiro atoms. The summed E-state index contributed by atoms with van der Waals surface area (Å²) in [5.74, 6) is 1.42. The van der Waals surface area contributed by atoms with E-state index in [1.165, 1.54) is 6.07 Å². The highest BCUT2D eigenvalue weighted by molar-refractivity contribution is 5.91. The molecule has 1 saturated heterocycles. The number of aromatic nitrogens is 1. The van der Waals surface area contributed by atoms with Crippen molar-refractivity contribution >= 4 is 11.7 Å². The van der Waals surface area contributed by atoms with Gasteiger partial charge >= 0.3 is 6.18 Å². The van der Waals surface area contributed by atoms with Crippen LogP contribution in [0.2, 0.25) is 0 Å². The lowest BCUT2D eigenvalue weighted by atomic mass is 10.2. The van der Waals surface area contributed by atoms with E-state index in [0.717, 1.165) is 12.3 Å². The molecule has 2 aromatic rings. The number of hydrogen-bond acceptors (Lipinski definition) is 3. The van der Waals surface area contributed by atoms with E-state index in [1.807, 2.05) is 4.90 Å². The maximum Gasteiger partial charge on any atom is 0.419 e. The van der Waals surface area contributed by atoms with Gasteiger partial charge in [0, 0.05) is 6.07 Å². The highest BCUT2D eigenvalue weighted by Crippen LogP contribution is 2.28. The maximum atomic E-state index is 12.6. The lowest BCUT2D eigenvalue weighted by Gasteiger charge is -2.30. The van der Waals surface area contributed by atoms with E-state index < -0.39 is 11.7 Å². The molecular weight excluding hydrogens is 323 g/mol. The van der Waals surface area contributed by atoms with Crippen LogP contribution in [-0.4, -0.2) is 37.0 Å². The molecule has 1 amide bonds. The van der Waals surface area contributed by atoms with Gasteiger partial charge in [0.05, 0.1) is 18.7 Å². The first-order valence-corrected chi connectivity index (χ1v) is 7.54. The van der Waals surface area contributed by atoms with E-state index in [1.54, 1.807) is 24.0 Å². The van der Waals surface area contributed by atoms with Crippen LogP contribution in [0.25, 0.3) is 0 Å². The Labute approximate surface area is 136 Å². The van der Waals surface area contributed by atoms with Gasteiger partial charge in [-0.2, -0.15) is 13.2 Å². The van der Waals surface area contributed by atoms with Gasteiger partial charge < -0.3 is 9.32 Å². The number of alkyl halides is 3. The van der Waals surface area contributed by atoms with Crippen LogP contribution in [0, 0.1) is 6.92 Å². The topological polar surface area (TPSA) is 50.8 Å². The molecule has 8 heteroatoms. The Morgan fingerprint density at radius 3 is 2.33 bits per heavy atom. The first-order chi connectivity index (χ1) is 11.3. The van der Waals surface area contributed by atoms with Crippen LogP contribution in [0.5, 0.6) is 0 Å². The number of amides is 1. The van der Waals surface area contributed by atoms with Crippen molar-refractivity contribution in [2.45, 2.75) is 13.1 Å². The maximum absolute atomic E-state index is 12.6. The number of rotatable bonds is 2. The van der Waals surface area contributed by atoms with Crippen LogP contribution in [-0.2, 0) is 6.18 Å². The molecule has 24 heavy (non-hydrogen) atoms. The molecule has 1 fully saturated rings. The summed E-state index contributed by atoms with van der Waals surface area (Å²) in [6, 6.07) is 5.85. The van der Waals surface area contributed by atoms with Crippen molar-refractivity contribution in [3.63, 3.8) is 0 Å². The van der Waals surface area contributed by atoms with Crippen LogP contribution in [0.15, 0.2) is 34.9 Å². The van der Waals surface area contributed by atoms with Gasteiger partial charge in [0.1, 0.15) is 25.0 Å². The molecule has 0 unspecified atom stereocenters. The fourth-order valence-corrected chi connectivity index (χ4v) is 2.65. The molecule has 1 aliphatic rings. The molecule has 5 nitrogen and oxygen atoms in total. The third-order valence-electron chi connectivity index (χ3n) is 3.98. The van der Waals surface area contributed by atoms with Crippen LogP contribution in [0.4, 0.5) is 19.0 Å². The standard InChI is InChI=1S/C16H16F3N3O2/c1-11-2-4-13(24-11)15(23)22-8-6-21(7-9-22)14-5-3-12(10-20-14)16(17,18)19/h2-5,10H,6-9H2,1H3/p+1. The summed E-state index contributed by atoms with van der Waals surface area (Å²) in [6.45, 7) is 3.80. The average molecular weight is 340 g/mol. The number of hydrogen-bond donors (Lipinski definition) is 0. The Hall–Kier alpha value is -2.51. The van der Waals surface area contributed by atoms with E-state index in [2.05, 4.69) is 4.98 Å². The zero-order valence-electron chi connectivity index (χ0n) is 13.1. The van der Waals surface area contributed by atoms with Crippen molar-refractivity contribution in [2.75, 3.05) is 31.1 Å². The minimum Gasteiger partial charge on any atom is -0.456 e. The molecule has 3 heterocycles. The van der Waals surface area contributed by atoms with E-state index in [9.17, 15) is 18.0 Å². The molecule has 0 aliphatic carbocycles. The van der Waals surface area contributed by atoms with Gasteiger partial charge in [0.25, 0.3) is 11.7 Å².